The molecule has 0 aromatic heterocycles. The van der Waals surface area contributed by atoms with E-state index in [1.165, 1.54) is 0 Å². The van der Waals surface area contributed by atoms with Crippen molar-refractivity contribution < 1.29 is 0 Å². The van der Waals surface area contributed by atoms with Crippen LogP contribution in [0.4, 0.5) is 0 Å². The predicted molar refractivity (Wildman–Crippen MR) is 42.9 cm³/mol. The lowest BCUT2D eigenvalue weighted by Gasteiger charge is -2.23. The van der Waals surface area contributed by atoms with E-state index in [4.69, 9.17) is 11.6 Å². The summed E-state index contributed by atoms with van der Waals surface area (Å²) in [6, 6.07) is 0. The SMILES string of the molecule is CC(C)C(C)(Br)CCl. The zero-order chi connectivity index (χ0) is 6.78. The quantitative estimate of drug-likeness (QED) is 0.600. The van der Waals surface area contributed by atoms with E-state index >= 15 is 0 Å². The number of hydrogen-bond acceptors (Lipinski definition) is 0. The van der Waals surface area contributed by atoms with Gasteiger partial charge in [-0.1, -0.05) is 29.8 Å². The van der Waals surface area contributed by atoms with Crippen LogP contribution >= 0.6 is 27.5 Å². The normalized spacial score (nSPS) is 18.8. The second-order valence-electron chi connectivity index (χ2n) is 2.57. The highest BCUT2D eigenvalue weighted by molar-refractivity contribution is 9.10. The van der Waals surface area contributed by atoms with E-state index in [2.05, 4.69) is 36.7 Å². The molecule has 0 N–H and O–H groups in total. The van der Waals surface area contributed by atoms with Gasteiger partial charge in [0.05, 0.1) is 0 Å². The molecular weight excluding hydrogens is 187 g/mol. The van der Waals surface area contributed by atoms with E-state index in [1.807, 2.05) is 0 Å². The second kappa shape index (κ2) is 3.07. The van der Waals surface area contributed by atoms with E-state index in [9.17, 15) is 0 Å². The summed E-state index contributed by atoms with van der Waals surface area (Å²) in [5.41, 5.74) is 0. The van der Waals surface area contributed by atoms with Gasteiger partial charge in [0.25, 0.3) is 0 Å². The summed E-state index contributed by atoms with van der Waals surface area (Å²) in [5, 5.41) is 0. The highest BCUT2D eigenvalue weighted by atomic mass is 79.9. The fourth-order valence-electron chi connectivity index (χ4n) is 0.154. The van der Waals surface area contributed by atoms with Gasteiger partial charge in [-0.3, -0.25) is 0 Å². The zero-order valence-corrected chi connectivity index (χ0v) is 7.88. The van der Waals surface area contributed by atoms with Crippen LogP contribution in [0.1, 0.15) is 20.8 Å². The summed E-state index contributed by atoms with van der Waals surface area (Å²) in [7, 11) is 0. The number of halogens is 2. The van der Waals surface area contributed by atoms with Gasteiger partial charge in [-0.05, 0) is 12.8 Å². The molecule has 0 radical (unpaired) electrons. The molecule has 0 nitrogen and oxygen atoms in total. The van der Waals surface area contributed by atoms with Gasteiger partial charge >= 0.3 is 0 Å². The van der Waals surface area contributed by atoms with Gasteiger partial charge in [0.1, 0.15) is 0 Å². The number of hydrogen-bond donors (Lipinski definition) is 0. The summed E-state index contributed by atoms with van der Waals surface area (Å²) in [6.07, 6.45) is 0. The van der Waals surface area contributed by atoms with Crippen LogP contribution in [0.15, 0.2) is 0 Å². The lowest BCUT2D eigenvalue weighted by atomic mass is 10.0. The Morgan fingerprint density at radius 2 is 2.00 bits per heavy atom. The van der Waals surface area contributed by atoms with Crippen LogP contribution in [0.3, 0.4) is 0 Å². The maximum absolute atomic E-state index is 5.64. The second-order valence-corrected chi connectivity index (χ2v) is 4.65. The molecule has 0 aliphatic carbocycles. The molecule has 0 saturated heterocycles. The molecule has 8 heavy (non-hydrogen) atoms. The standard InChI is InChI=1S/C6H12BrCl/c1-5(2)6(3,7)4-8/h5H,4H2,1-3H3. The van der Waals surface area contributed by atoms with Crippen molar-refractivity contribution >= 4 is 27.5 Å². The van der Waals surface area contributed by atoms with Crippen LogP contribution in [0.2, 0.25) is 0 Å². The maximum Gasteiger partial charge on any atom is 0.0387 e. The minimum atomic E-state index is 0.120. The molecule has 0 saturated carbocycles. The minimum Gasteiger partial charge on any atom is -0.125 e. The molecule has 1 unspecified atom stereocenters. The molecule has 0 aromatic carbocycles. The van der Waals surface area contributed by atoms with Crippen molar-refractivity contribution in [3.05, 3.63) is 0 Å². The van der Waals surface area contributed by atoms with Gasteiger partial charge in [-0.15, -0.1) is 11.6 Å². The van der Waals surface area contributed by atoms with E-state index in [-0.39, 0.29) is 4.32 Å². The van der Waals surface area contributed by atoms with Gasteiger partial charge in [-0.25, -0.2) is 0 Å². The summed E-state index contributed by atoms with van der Waals surface area (Å²) >= 11 is 9.15. The fourth-order valence-corrected chi connectivity index (χ4v) is 0.463. The average Bonchev–Trinajstić information content (AvgIpc) is 1.67. The average molecular weight is 200 g/mol. The Bertz CT molecular complexity index is 68.9. The van der Waals surface area contributed by atoms with Crippen LogP contribution in [0.5, 0.6) is 0 Å². The molecule has 0 aromatic rings. The molecule has 0 bridgehead atoms. The van der Waals surface area contributed by atoms with E-state index in [0.29, 0.717) is 11.8 Å². The molecule has 0 spiro atoms. The number of alkyl halides is 2. The first-order valence-corrected chi connectivity index (χ1v) is 4.08. The van der Waals surface area contributed by atoms with Crippen LogP contribution < -0.4 is 0 Å². The summed E-state index contributed by atoms with van der Waals surface area (Å²) in [6.45, 7) is 6.40. The Hall–Kier alpha value is 0.770. The first-order chi connectivity index (χ1) is 3.50. The van der Waals surface area contributed by atoms with Crippen LogP contribution in [-0.4, -0.2) is 10.2 Å². The monoisotopic (exact) mass is 198 g/mol. The molecule has 0 aliphatic heterocycles. The largest absolute Gasteiger partial charge is 0.125 e. The molecular formula is C6H12BrCl. The van der Waals surface area contributed by atoms with Crippen molar-refractivity contribution in [2.24, 2.45) is 5.92 Å². The van der Waals surface area contributed by atoms with Crippen molar-refractivity contribution in [1.82, 2.24) is 0 Å². The van der Waals surface area contributed by atoms with E-state index in [1.54, 1.807) is 0 Å². The van der Waals surface area contributed by atoms with E-state index < -0.39 is 0 Å². The lowest BCUT2D eigenvalue weighted by molar-refractivity contribution is 0.519. The third-order valence-corrected chi connectivity index (χ3v) is 3.54. The van der Waals surface area contributed by atoms with Crippen LogP contribution in [0.25, 0.3) is 0 Å². The molecule has 0 amide bonds. The Morgan fingerprint density at radius 3 is 2.00 bits per heavy atom. The molecule has 50 valence electrons. The van der Waals surface area contributed by atoms with Crippen molar-refractivity contribution in [2.75, 3.05) is 5.88 Å². The van der Waals surface area contributed by atoms with Crippen molar-refractivity contribution in [3.8, 4) is 0 Å². The molecule has 0 aliphatic rings. The van der Waals surface area contributed by atoms with Gasteiger partial charge in [0.2, 0.25) is 0 Å². The molecule has 0 heterocycles. The van der Waals surface area contributed by atoms with Crippen molar-refractivity contribution in [1.29, 1.82) is 0 Å². The predicted octanol–water partition coefficient (Wildman–Crippen LogP) is 3.03. The Kier molecular flexibility index (Phi) is 3.37. The van der Waals surface area contributed by atoms with Crippen LogP contribution in [0, 0.1) is 5.92 Å². The van der Waals surface area contributed by atoms with Gasteiger partial charge < -0.3 is 0 Å². The van der Waals surface area contributed by atoms with Gasteiger partial charge in [-0.2, -0.15) is 0 Å². The Balaban J connectivity index is 3.71. The lowest BCUT2D eigenvalue weighted by Crippen LogP contribution is -2.24. The van der Waals surface area contributed by atoms with Gasteiger partial charge in [0, 0.05) is 10.2 Å². The van der Waals surface area contributed by atoms with E-state index in [0.717, 1.165) is 0 Å². The Labute approximate surface area is 64.7 Å². The van der Waals surface area contributed by atoms with Crippen LogP contribution in [-0.2, 0) is 0 Å². The smallest absolute Gasteiger partial charge is 0.0387 e. The molecule has 2 heteroatoms. The van der Waals surface area contributed by atoms with Crippen molar-refractivity contribution in [3.63, 3.8) is 0 Å². The summed E-state index contributed by atoms with van der Waals surface area (Å²) < 4.78 is 0.120. The highest BCUT2D eigenvalue weighted by Crippen LogP contribution is 2.27. The number of rotatable bonds is 2. The molecule has 0 fully saturated rings. The molecule has 1 atom stereocenters. The van der Waals surface area contributed by atoms with Crippen molar-refractivity contribution in [2.45, 2.75) is 25.1 Å². The van der Waals surface area contributed by atoms with Gasteiger partial charge in [0.15, 0.2) is 0 Å². The third-order valence-electron chi connectivity index (χ3n) is 1.47. The Morgan fingerprint density at radius 1 is 1.62 bits per heavy atom. The topological polar surface area (TPSA) is 0 Å². The highest BCUT2D eigenvalue weighted by Gasteiger charge is 2.22. The summed E-state index contributed by atoms with van der Waals surface area (Å²) in [4.78, 5) is 0. The third kappa shape index (κ3) is 2.36. The first kappa shape index (κ1) is 8.77. The fraction of sp³-hybridized carbons (Fsp3) is 1.00. The maximum atomic E-state index is 5.64. The molecule has 0 rings (SSSR count). The first-order valence-electron chi connectivity index (χ1n) is 2.75. The zero-order valence-electron chi connectivity index (χ0n) is 5.54. The summed E-state index contributed by atoms with van der Waals surface area (Å²) in [5.74, 6) is 1.27. The minimum absolute atomic E-state index is 0.120.